The Hall–Kier alpha value is -2.77. The van der Waals surface area contributed by atoms with Gasteiger partial charge in [-0.15, -0.1) is 11.3 Å². The summed E-state index contributed by atoms with van der Waals surface area (Å²) in [5.41, 5.74) is 1.92. The zero-order valence-electron chi connectivity index (χ0n) is 16.7. The van der Waals surface area contributed by atoms with Crippen LogP contribution in [0.3, 0.4) is 0 Å². The molecule has 0 saturated carbocycles. The summed E-state index contributed by atoms with van der Waals surface area (Å²) in [6.07, 6.45) is 5.70. The van der Waals surface area contributed by atoms with E-state index in [9.17, 15) is 9.59 Å². The van der Waals surface area contributed by atoms with Crippen LogP contribution in [-0.4, -0.2) is 57.8 Å². The van der Waals surface area contributed by atoms with Gasteiger partial charge in [-0.05, 0) is 19.4 Å². The van der Waals surface area contributed by atoms with Crippen LogP contribution in [0.2, 0.25) is 0 Å². The molecule has 0 unspecified atom stereocenters. The molecule has 1 amide bonds. The van der Waals surface area contributed by atoms with Crippen molar-refractivity contribution in [1.82, 2.24) is 19.2 Å². The molecule has 0 bridgehead atoms. The molecule has 4 rings (SSSR count). The van der Waals surface area contributed by atoms with Gasteiger partial charge in [-0.3, -0.25) is 18.9 Å². The molecule has 0 N–H and O–H groups in total. The second-order valence-electron chi connectivity index (χ2n) is 7.24. The van der Waals surface area contributed by atoms with E-state index in [2.05, 4.69) is 34.2 Å². The Bertz CT molecular complexity index is 1110. The molecular weight excluding hydrogens is 384 g/mol. The molecule has 1 saturated heterocycles. The van der Waals surface area contributed by atoms with Gasteiger partial charge in [0.15, 0.2) is 4.96 Å². The number of amides is 1. The zero-order valence-corrected chi connectivity index (χ0v) is 17.5. The Labute approximate surface area is 173 Å². The molecule has 7 heteroatoms. The summed E-state index contributed by atoms with van der Waals surface area (Å²) in [5.74, 6) is -0.223. The minimum Gasteiger partial charge on any atom is -0.336 e. The highest BCUT2D eigenvalue weighted by Crippen LogP contribution is 2.18. The summed E-state index contributed by atoms with van der Waals surface area (Å²) < 4.78 is 1.55. The van der Waals surface area contributed by atoms with Crippen LogP contribution in [0.5, 0.6) is 0 Å². The lowest BCUT2D eigenvalue weighted by Gasteiger charge is -2.34. The van der Waals surface area contributed by atoms with E-state index in [-0.39, 0.29) is 17.0 Å². The smallest absolute Gasteiger partial charge is 0.271 e. The number of hydrogen-bond acceptors (Lipinski definition) is 5. The third-order valence-corrected chi connectivity index (χ3v) is 6.45. The molecule has 150 valence electrons. The summed E-state index contributed by atoms with van der Waals surface area (Å²) in [4.78, 5) is 35.9. The van der Waals surface area contributed by atoms with Crippen LogP contribution >= 0.6 is 11.3 Å². The molecule has 0 aliphatic carbocycles. The quantitative estimate of drug-likeness (QED) is 0.666. The molecular formula is C22H24N4O2S. The Morgan fingerprint density at radius 2 is 1.86 bits per heavy atom. The maximum Gasteiger partial charge on any atom is 0.271 e. The van der Waals surface area contributed by atoms with E-state index >= 15 is 0 Å². The van der Waals surface area contributed by atoms with Crippen molar-refractivity contribution in [3.05, 3.63) is 74.7 Å². The Kier molecular flexibility index (Phi) is 5.60. The van der Waals surface area contributed by atoms with Crippen molar-refractivity contribution in [3.63, 3.8) is 0 Å². The number of carbonyl (C=O) groups is 1. The van der Waals surface area contributed by atoms with Crippen molar-refractivity contribution in [2.75, 3.05) is 32.7 Å². The summed E-state index contributed by atoms with van der Waals surface area (Å²) in [7, 11) is 0. The zero-order chi connectivity index (χ0) is 20.4. The van der Waals surface area contributed by atoms with Crippen molar-refractivity contribution >= 4 is 28.3 Å². The topological polar surface area (TPSA) is 57.9 Å². The van der Waals surface area contributed by atoms with Crippen LogP contribution in [0.25, 0.3) is 11.0 Å². The van der Waals surface area contributed by atoms with Gasteiger partial charge in [0.2, 0.25) is 0 Å². The number of aromatic nitrogens is 2. The molecule has 0 atom stereocenters. The summed E-state index contributed by atoms with van der Waals surface area (Å²) >= 11 is 1.47. The molecule has 0 radical (unpaired) electrons. The van der Waals surface area contributed by atoms with Gasteiger partial charge in [0.05, 0.1) is 0 Å². The predicted octanol–water partition coefficient (Wildman–Crippen LogP) is 2.84. The third-order valence-electron chi connectivity index (χ3n) is 5.38. The second-order valence-corrected chi connectivity index (χ2v) is 8.43. The lowest BCUT2D eigenvalue weighted by Crippen LogP contribution is -2.49. The monoisotopic (exact) mass is 408 g/mol. The highest BCUT2D eigenvalue weighted by atomic mass is 32.1. The first-order valence-electron chi connectivity index (χ1n) is 9.75. The summed E-state index contributed by atoms with van der Waals surface area (Å²) in [6, 6.07) is 10.2. The Balaban J connectivity index is 1.40. The average Bonchev–Trinajstić information content (AvgIpc) is 3.03. The number of aryl methyl sites for hydroxylation is 2. The van der Waals surface area contributed by atoms with Gasteiger partial charge in [0.25, 0.3) is 11.5 Å². The number of carbonyl (C=O) groups excluding carboxylic acids is 1. The van der Waals surface area contributed by atoms with Gasteiger partial charge in [-0.25, -0.2) is 4.98 Å². The standard InChI is InChI=1S/C22H24N4O2S/c1-16-17(2)29-22-23-15-19(21(28)26(16)22)20(27)25-13-11-24(12-14-25)10-6-9-18-7-4-3-5-8-18/h3-9,15H,10-14H2,1-2H3. The fourth-order valence-corrected chi connectivity index (χ4v) is 4.46. The average molecular weight is 409 g/mol. The van der Waals surface area contributed by atoms with E-state index in [0.717, 1.165) is 30.2 Å². The predicted molar refractivity (Wildman–Crippen MR) is 117 cm³/mol. The molecule has 1 aromatic carbocycles. The number of rotatable bonds is 4. The minimum absolute atomic E-state index is 0.154. The fraction of sp³-hybridized carbons (Fsp3) is 0.318. The van der Waals surface area contributed by atoms with Crippen molar-refractivity contribution in [2.45, 2.75) is 13.8 Å². The van der Waals surface area contributed by atoms with Gasteiger partial charge in [-0.1, -0.05) is 42.5 Å². The maximum absolute atomic E-state index is 12.9. The van der Waals surface area contributed by atoms with Gasteiger partial charge in [0, 0.05) is 49.5 Å². The van der Waals surface area contributed by atoms with E-state index in [1.165, 1.54) is 23.1 Å². The molecule has 0 spiro atoms. The van der Waals surface area contributed by atoms with Crippen LogP contribution in [0, 0.1) is 13.8 Å². The number of hydrogen-bond donors (Lipinski definition) is 0. The Morgan fingerprint density at radius 1 is 1.14 bits per heavy atom. The number of benzene rings is 1. The normalized spacial score (nSPS) is 15.4. The third kappa shape index (κ3) is 4.02. The number of piperazine rings is 1. The van der Waals surface area contributed by atoms with Crippen molar-refractivity contribution in [1.29, 1.82) is 0 Å². The minimum atomic E-state index is -0.268. The van der Waals surface area contributed by atoms with Crippen LogP contribution in [0.4, 0.5) is 0 Å². The van der Waals surface area contributed by atoms with Gasteiger partial charge < -0.3 is 4.90 Å². The molecule has 1 fully saturated rings. The van der Waals surface area contributed by atoms with Crippen LogP contribution < -0.4 is 5.56 Å². The number of nitrogens with zero attached hydrogens (tertiary/aromatic N) is 4. The second kappa shape index (κ2) is 8.31. The van der Waals surface area contributed by atoms with Crippen molar-refractivity contribution in [3.8, 4) is 0 Å². The van der Waals surface area contributed by atoms with Crippen molar-refractivity contribution in [2.24, 2.45) is 0 Å². The molecule has 29 heavy (non-hydrogen) atoms. The van der Waals surface area contributed by atoms with Crippen LogP contribution in [0.1, 0.15) is 26.5 Å². The first-order valence-corrected chi connectivity index (χ1v) is 10.6. The molecule has 3 aromatic rings. The molecule has 6 nitrogen and oxygen atoms in total. The first-order chi connectivity index (χ1) is 14.0. The van der Waals surface area contributed by atoms with E-state index in [1.807, 2.05) is 32.0 Å². The SMILES string of the molecule is Cc1sc2ncc(C(=O)N3CCN(CC=Cc4ccccc4)CC3)c(=O)n2c1C. The van der Waals surface area contributed by atoms with Gasteiger partial charge in [-0.2, -0.15) is 0 Å². The van der Waals surface area contributed by atoms with Gasteiger partial charge >= 0.3 is 0 Å². The summed E-state index contributed by atoms with van der Waals surface area (Å²) in [6.45, 7) is 7.50. The lowest BCUT2D eigenvalue weighted by atomic mass is 10.2. The summed E-state index contributed by atoms with van der Waals surface area (Å²) in [5, 5.41) is 0. The lowest BCUT2D eigenvalue weighted by molar-refractivity contribution is 0.0648. The Morgan fingerprint density at radius 3 is 2.59 bits per heavy atom. The largest absolute Gasteiger partial charge is 0.336 e. The molecule has 2 aromatic heterocycles. The molecule has 3 heterocycles. The van der Waals surface area contributed by atoms with E-state index in [1.54, 1.807) is 9.30 Å². The highest BCUT2D eigenvalue weighted by molar-refractivity contribution is 7.17. The molecule has 1 aliphatic heterocycles. The number of fused-ring (bicyclic) bond motifs is 1. The first kappa shape index (κ1) is 19.5. The van der Waals surface area contributed by atoms with Crippen LogP contribution in [-0.2, 0) is 0 Å². The highest BCUT2D eigenvalue weighted by Gasteiger charge is 2.25. The van der Waals surface area contributed by atoms with Crippen LogP contribution in [0.15, 0.2) is 47.4 Å². The fourth-order valence-electron chi connectivity index (χ4n) is 3.53. The number of thiazole rings is 1. The van der Waals surface area contributed by atoms with Crippen molar-refractivity contribution < 1.29 is 4.79 Å². The van der Waals surface area contributed by atoms with E-state index in [0.29, 0.717) is 18.1 Å². The van der Waals surface area contributed by atoms with E-state index in [4.69, 9.17) is 0 Å². The van der Waals surface area contributed by atoms with Gasteiger partial charge in [0.1, 0.15) is 5.56 Å². The maximum atomic E-state index is 12.9. The van der Waals surface area contributed by atoms with E-state index < -0.39 is 0 Å². The molecule has 1 aliphatic rings.